The first kappa shape index (κ1) is 10.5. The molecule has 0 saturated heterocycles. The molecule has 0 radical (unpaired) electrons. The summed E-state index contributed by atoms with van der Waals surface area (Å²) in [6.07, 6.45) is 0. The van der Waals surface area contributed by atoms with Gasteiger partial charge in [-0.05, 0) is 37.6 Å². The molecule has 0 aliphatic rings. The van der Waals surface area contributed by atoms with Crippen molar-refractivity contribution in [3.05, 3.63) is 41.3 Å². The van der Waals surface area contributed by atoms with Crippen LogP contribution in [0.25, 0.3) is 0 Å². The summed E-state index contributed by atoms with van der Waals surface area (Å²) >= 11 is 0. The van der Waals surface area contributed by atoms with Crippen LogP contribution >= 0.6 is 0 Å². The zero-order chi connectivity index (χ0) is 11.5. The van der Waals surface area contributed by atoms with E-state index in [0.717, 1.165) is 28.4 Å². The molecule has 4 nitrogen and oxygen atoms in total. The lowest BCUT2D eigenvalue weighted by molar-refractivity contribution is 0.391. The van der Waals surface area contributed by atoms with Crippen LogP contribution in [0.4, 0.5) is 11.4 Å². The van der Waals surface area contributed by atoms with E-state index in [2.05, 4.69) is 10.5 Å². The van der Waals surface area contributed by atoms with E-state index >= 15 is 0 Å². The van der Waals surface area contributed by atoms with Gasteiger partial charge >= 0.3 is 0 Å². The molecule has 0 saturated carbocycles. The first-order valence-electron chi connectivity index (χ1n) is 5.17. The second-order valence-corrected chi connectivity index (χ2v) is 3.86. The Balaban J connectivity index is 2.04. The number of nitrogens with two attached hydrogens (primary N) is 1. The Bertz CT molecular complexity index is 491. The summed E-state index contributed by atoms with van der Waals surface area (Å²) < 4.78 is 4.99. The van der Waals surface area contributed by atoms with Gasteiger partial charge in [0.05, 0.1) is 6.54 Å². The van der Waals surface area contributed by atoms with Crippen LogP contribution < -0.4 is 11.1 Å². The highest BCUT2D eigenvalue weighted by molar-refractivity contribution is 5.57. The minimum Gasteiger partial charge on any atom is -0.399 e. The molecular formula is C12H15N3O. The number of nitrogens with one attached hydrogen (secondary N) is 1. The minimum absolute atomic E-state index is 0.655. The first-order valence-corrected chi connectivity index (χ1v) is 5.17. The van der Waals surface area contributed by atoms with Crippen LogP contribution in [0.5, 0.6) is 0 Å². The highest BCUT2D eigenvalue weighted by atomic mass is 16.5. The SMILES string of the molecule is Cc1cc(CNc2ccc(N)cc2C)no1. The molecule has 0 aliphatic carbocycles. The molecule has 0 atom stereocenters. The van der Waals surface area contributed by atoms with Crippen molar-refractivity contribution in [2.45, 2.75) is 20.4 Å². The van der Waals surface area contributed by atoms with Crippen molar-refractivity contribution in [2.75, 3.05) is 11.1 Å². The van der Waals surface area contributed by atoms with Crippen molar-refractivity contribution < 1.29 is 4.52 Å². The van der Waals surface area contributed by atoms with Crippen LogP contribution in [-0.2, 0) is 6.54 Å². The van der Waals surface area contributed by atoms with E-state index < -0.39 is 0 Å². The quantitative estimate of drug-likeness (QED) is 0.775. The summed E-state index contributed by atoms with van der Waals surface area (Å²) in [4.78, 5) is 0. The molecular weight excluding hydrogens is 202 g/mol. The number of rotatable bonds is 3. The summed E-state index contributed by atoms with van der Waals surface area (Å²) in [5.74, 6) is 0.825. The van der Waals surface area contributed by atoms with Crippen molar-refractivity contribution in [1.29, 1.82) is 0 Å². The standard InChI is InChI=1S/C12H15N3O/c1-8-5-10(13)3-4-12(8)14-7-11-6-9(2)16-15-11/h3-6,14H,7,13H2,1-2H3. The molecule has 16 heavy (non-hydrogen) atoms. The van der Waals surface area contributed by atoms with E-state index in [1.54, 1.807) is 0 Å². The summed E-state index contributed by atoms with van der Waals surface area (Å²) in [5, 5.41) is 7.21. The number of hydrogen-bond acceptors (Lipinski definition) is 4. The summed E-state index contributed by atoms with van der Waals surface area (Å²) in [7, 11) is 0. The molecule has 3 N–H and O–H groups in total. The lowest BCUT2D eigenvalue weighted by atomic mass is 10.2. The van der Waals surface area contributed by atoms with E-state index in [9.17, 15) is 0 Å². The summed E-state index contributed by atoms with van der Waals surface area (Å²) in [6.45, 7) is 4.56. The van der Waals surface area contributed by atoms with Crippen LogP contribution in [0.2, 0.25) is 0 Å². The third-order valence-corrected chi connectivity index (χ3v) is 2.39. The highest BCUT2D eigenvalue weighted by Crippen LogP contribution is 2.18. The Kier molecular flexibility index (Phi) is 2.81. The van der Waals surface area contributed by atoms with Crippen molar-refractivity contribution >= 4 is 11.4 Å². The predicted molar refractivity (Wildman–Crippen MR) is 64.2 cm³/mol. The summed E-state index contributed by atoms with van der Waals surface area (Å²) in [6, 6.07) is 7.71. The molecule has 1 aromatic carbocycles. The van der Waals surface area contributed by atoms with Gasteiger partial charge in [0.1, 0.15) is 11.5 Å². The molecule has 84 valence electrons. The Morgan fingerprint density at radius 3 is 2.75 bits per heavy atom. The average Bonchev–Trinajstić information content (AvgIpc) is 2.63. The molecule has 1 heterocycles. The molecule has 0 amide bonds. The van der Waals surface area contributed by atoms with Gasteiger partial charge in [0.25, 0.3) is 0 Å². The molecule has 0 bridgehead atoms. The maximum atomic E-state index is 5.68. The van der Waals surface area contributed by atoms with Gasteiger partial charge in [0.2, 0.25) is 0 Å². The fraction of sp³-hybridized carbons (Fsp3) is 0.250. The number of aromatic nitrogens is 1. The topological polar surface area (TPSA) is 64.1 Å². The molecule has 1 aromatic heterocycles. The monoisotopic (exact) mass is 217 g/mol. The van der Waals surface area contributed by atoms with E-state index in [-0.39, 0.29) is 0 Å². The number of nitrogen functional groups attached to an aromatic ring is 1. The van der Waals surface area contributed by atoms with Gasteiger partial charge in [-0.1, -0.05) is 5.16 Å². The van der Waals surface area contributed by atoms with E-state index in [1.165, 1.54) is 0 Å². The van der Waals surface area contributed by atoms with Gasteiger partial charge in [-0.25, -0.2) is 0 Å². The van der Waals surface area contributed by atoms with E-state index in [1.807, 2.05) is 38.1 Å². The van der Waals surface area contributed by atoms with Crippen LogP contribution in [0.15, 0.2) is 28.8 Å². The van der Waals surface area contributed by atoms with Gasteiger partial charge in [-0.3, -0.25) is 0 Å². The largest absolute Gasteiger partial charge is 0.399 e. The smallest absolute Gasteiger partial charge is 0.133 e. The number of benzene rings is 1. The van der Waals surface area contributed by atoms with Gasteiger partial charge < -0.3 is 15.6 Å². The molecule has 4 heteroatoms. The summed E-state index contributed by atoms with van der Waals surface area (Å²) in [5.41, 5.74) is 9.55. The van der Waals surface area contributed by atoms with Crippen molar-refractivity contribution in [3.8, 4) is 0 Å². The third-order valence-electron chi connectivity index (χ3n) is 2.39. The molecule has 2 aromatic rings. The Labute approximate surface area is 94.4 Å². The maximum Gasteiger partial charge on any atom is 0.133 e. The van der Waals surface area contributed by atoms with Gasteiger partial charge in [0, 0.05) is 17.4 Å². The normalized spacial score (nSPS) is 10.4. The highest BCUT2D eigenvalue weighted by Gasteiger charge is 2.02. The fourth-order valence-corrected chi connectivity index (χ4v) is 1.57. The lowest BCUT2D eigenvalue weighted by Gasteiger charge is -2.08. The Morgan fingerprint density at radius 2 is 2.12 bits per heavy atom. The predicted octanol–water partition coefficient (Wildman–Crippen LogP) is 2.49. The third kappa shape index (κ3) is 2.34. The number of hydrogen-bond donors (Lipinski definition) is 2. The molecule has 0 unspecified atom stereocenters. The van der Waals surface area contributed by atoms with Crippen LogP contribution in [0.1, 0.15) is 17.0 Å². The van der Waals surface area contributed by atoms with Crippen LogP contribution in [0.3, 0.4) is 0 Å². The Morgan fingerprint density at radius 1 is 1.31 bits per heavy atom. The molecule has 2 rings (SSSR count). The lowest BCUT2D eigenvalue weighted by Crippen LogP contribution is -2.01. The maximum absolute atomic E-state index is 5.68. The first-order chi connectivity index (χ1) is 7.65. The zero-order valence-electron chi connectivity index (χ0n) is 9.45. The Hall–Kier alpha value is -1.97. The van der Waals surface area contributed by atoms with Gasteiger partial charge in [-0.2, -0.15) is 0 Å². The molecule has 0 spiro atoms. The second kappa shape index (κ2) is 4.26. The van der Waals surface area contributed by atoms with Crippen molar-refractivity contribution in [2.24, 2.45) is 0 Å². The van der Waals surface area contributed by atoms with Crippen molar-refractivity contribution in [3.63, 3.8) is 0 Å². The zero-order valence-corrected chi connectivity index (χ0v) is 9.45. The number of nitrogens with zero attached hydrogens (tertiary/aromatic N) is 1. The van der Waals surface area contributed by atoms with Gasteiger partial charge in [0.15, 0.2) is 0 Å². The molecule has 0 fully saturated rings. The van der Waals surface area contributed by atoms with Gasteiger partial charge in [-0.15, -0.1) is 0 Å². The molecule has 0 aliphatic heterocycles. The van der Waals surface area contributed by atoms with E-state index in [4.69, 9.17) is 10.3 Å². The van der Waals surface area contributed by atoms with Crippen LogP contribution in [-0.4, -0.2) is 5.16 Å². The fourth-order valence-electron chi connectivity index (χ4n) is 1.57. The minimum atomic E-state index is 0.655. The van der Waals surface area contributed by atoms with Crippen LogP contribution in [0, 0.1) is 13.8 Å². The van der Waals surface area contributed by atoms with Crippen molar-refractivity contribution in [1.82, 2.24) is 5.16 Å². The van der Waals surface area contributed by atoms with E-state index in [0.29, 0.717) is 6.54 Å². The second-order valence-electron chi connectivity index (χ2n) is 3.86. The number of aryl methyl sites for hydroxylation is 2. The average molecular weight is 217 g/mol. The number of anilines is 2.